The summed E-state index contributed by atoms with van der Waals surface area (Å²) >= 11 is 19.8. The van der Waals surface area contributed by atoms with Gasteiger partial charge in [-0.2, -0.15) is 0 Å². The van der Waals surface area contributed by atoms with Crippen LogP contribution in [0.1, 0.15) is 17.9 Å². The minimum Gasteiger partial charge on any atom is -0.324 e. The summed E-state index contributed by atoms with van der Waals surface area (Å²) in [6, 6.07) is 5.48. The van der Waals surface area contributed by atoms with E-state index in [2.05, 4.69) is 0 Å². The lowest BCUT2D eigenvalue weighted by atomic mass is 10.2. The van der Waals surface area contributed by atoms with Crippen LogP contribution in [0.3, 0.4) is 0 Å². The van der Waals surface area contributed by atoms with Gasteiger partial charge < -0.3 is 4.90 Å². The second kappa shape index (κ2) is 5.91. The first kappa shape index (κ1) is 14.3. The van der Waals surface area contributed by atoms with Crippen LogP contribution in [0.5, 0.6) is 0 Å². The molecule has 0 aliphatic carbocycles. The molecule has 2 rings (SSSR count). The molecule has 1 aromatic rings. The highest BCUT2D eigenvalue weighted by Gasteiger charge is 2.33. The molecule has 1 amide bonds. The first-order valence-corrected chi connectivity index (χ1v) is 7.76. The summed E-state index contributed by atoms with van der Waals surface area (Å²) < 4.78 is 0. The lowest BCUT2D eigenvalue weighted by molar-refractivity contribution is -0.130. The van der Waals surface area contributed by atoms with E-state index in [1.807, 2.05) is 12.1 Å². The number of amides is 1. The molecule has 0 bridgehead atoms. The van der Waals surface area contributed by atoms with Crippen molar-refractivity contribution in [3.63, 3.8) is 0 Å². The SMILES string of the molecule is C[C@@H](Cl)C(=O)N1CCS[C@@H]1c1cccc(Cl)c1Cl. The number of hydrogen-bond acceptors (Lipinski definition) is 2. The molecule has 1 heterocycles. The molecule has 1 aliphatic rings. The zero-order valence-electron chi connectivity index (χ0n) is 9.70. The largest absolute Gasteiger partial charge is 0.324 e. The van der Waals surface area contributed by atoms with E-state index in [4.69, 9.17) is 34.8 Å². The molecule has 0 unspecified atom stereocenters. The maximum absolute atomic E-state index is 12.0. The van der Waals surface area contributed by atoms with Crippen LogP contribution < -0.4 is 0 Å². The third kappa shape index (κ3) is 2.74. The highest BCUT2D eigenvalue weighted by atomic mass is 35.5. The maximum atomic E-state index is 12.0. The Morgan fingerprint density at radius 2 is 2.22 bits per heavy atom. The monoisotopic (exact) mass is 323 g/mol. The topological polar surface area (TPSA) is 20.3 Å². The molecule has 1 saturated heterocycles. The third-order valence-corrected chi connectivity index (χ3v) is 5.02. The summed E-state index contributed by atoms with van der Waals surface area (Å²) in [6.45, 7) is 2.37. The normalized spacial score (nSPS) is 21.1. The van der Waals surface area contributed by atoms with Crippen molar-refractivity contribution >= 4 is 52.5 Å². The quantitative estimate of drug-likeness (QED) is 0.760. The Kier molecular flexibility index (Phi) is 4.70. The molecule has 0 spiro atoms. The van der Waals surface area contributed by atoms with Crippen LogP contribution >= 0.6 is 46.6 Å². The predicted molar refractivity (Wildman–Crippen MR) is 78.7 cm³/mol. The van der Waals surface area contributed by atoms with Gasteiger partial charge in [-0.3, -0.25) is 4.79 Å². The Labute approximate surface area is 126 Å². The van der Waals surface area contributed by atoms with E-state index in [1.54, 1.807) is 29.7 Å². The number of hydrogen-bond donors (Lipinski definition) is 0. The number of benzene rings is 1. The van der Waals surface area contributed by atoms with Crippen molar-refractivity contribution in [3.8, 4) is 0 Å². The van der Waals surface area contributed by atoms with Crippen LogP contribution in [0.2, 0.25) is 10.0 Å². The fourth-order valence-corrected chi connectivity index (χ4v) is 3.78. The standard InChI is InChI=1S/C12H12Cl3NOS/c1-7(13)11(17)16-5-6-18-12(16)8-3-2-4-9(14)10(8)15/h2-4,7,12H,5-6H2,1H3/t7-,12-/m1/s1. The smallest absolute Gasteiger partial charge is 0.241 e. The van der Waals surface area contributed by atoms with E-state index in [0.717, 1.165) is 11.3 Å². The summed E-state index contributed by atoms with van der Waals surface area (Å²) in [6.07, 6.45) is 0. The van der Waals surface area contributed by atoms with Gasteiger partial charge in [0.05, 0.1) is 10.0 Å². The second-order valence-electron chi connectivity index (χ2n) is 4.01. The minimum atomic E-state index is -0.524. The molecule has 1 aromatic carbocycles. The van der Waals surface area contributed by atoms with Crippen molar-refractivity contribution < 1.29 is 4.79 Å². The minimum absolute atomic E-state index is 0.0669. The second-order valence-corrected chi connectivity index (χ2v) is 6.64. The summed E-state index contributed by atoms with van der Waals surface area (Å²) in [5.41, 5.74) is 0.873. The van der Waals surface area contributed by atoms with Crippen LogP contribution in [0.25, 0.3) is 0 Å². The van der Waals surface area contributed by atoms with Crippen molar-refractivity contribution in [1.29, 1.82) is 0 Å². The molecule has 2 atom stereocenters. The third-order valence-electron chi connectivity index (χ3n) is 2.76. The van der Waals surface area contributed by atoms with Crippen molar-refractivity contribution in [2.24, 2.45) is 0 Å². The molecule has 0 aromatic heterocycles. The average Bonchev–Trinajstić information content (AvgIpc) is 2.80. The van der Waals surface area contributed by atoms with Gasteiger partial charge in [-0.1, -0.05) is 35.3 Å². The number of halogens is 3. The van der Waals surface area contributed by atoms with E-state index in [9.17, 15) is 4.79 Å². The van der Waals surface area contributed by atoms with E-state index in [-0.39, 0.29) is 11.3 Å². The summed E-state index contributed by atoms with van der Waals surface area (Å²) in [7, 11) is 0. The molecule has 0 N–H and O–H groups in total. The molecule has 1 fully saturated rings. The fourth-order valence-electron chi connectivity index (χ4n) is 1.89. The van der Waals surface area contributed by atoms with E-state index in [1.165, 1.54) is 0 Å². The molecule has 0 radical (unpaired) electrons. The zero-order chi connectivity index (χ0) is 13.3. The average molecular weight is 325 g/mol. The number of carbonyl (C=O) groups excluding carboxylic acids is 1. The Morgan fingerprint density at radius 1 is 1.50 bits per heavy atom. The molecule has 0 saturated carbocycles. The van der Waals surface area contributed by atoms with Crippen LogP contribution in [-0.2, 0) is 4.79 Å². The molecular formula is C12H12Cl3NOS. The van der Waals surface area contributed by atoms with Crippen molar-refractivity contribution in [1.82, 2.24) is 4.90 Å². The fraction of sp³-hybridized carbons (Fsp3) is 0.417. The van der Waals surface area contributed by atoms with Crippen LogP contribution in [0.15, 0.2) is 18.2 Å². The molecule has 18 heavy (non-hydrogen) atoms. The van der Waals surface area contributed by atoms with Crippen molar-refractivity contribution in [3.05, 3.63) is 33.8 Å². The number of thioether (sulfide) groups is 1. The summed E-state index contributed by atoms with van der Waals surface area (Å²) in [5.74, 6) is 0.811. The van der Waals surface area contributed by atoms with Gasteiger partial charge in [0.2, 0.25) is 5.91 Å². The zero-order valence-corrected chi connectivity index (χ0v) is 12.8. The summed E-state index contributed by atoms with van der Waals surface area (Å²) in [4.78, 5) is 13.8. The molecule has 6 heteroatoms. The van der Waals surface area contributed by atoms with Crippen LogP contribution in [0.4, 0.5) is 0 Å². The van der Waals surface area contributed by atoms with Crippen LogP contribution in [0, 0.1) is 0 Å². The molecule has 1 aliphatic heterocycles. The van der Waals surface area contributed by atoms with Crippen molar-refractivity contribution in [2.45, 2.75) is 17.7 Å². The van der Waals surface area contributed by atoms with Gasteiger partial charge in [-0.15, -0.1) is 23.4 Å². The lowest BCUT2D eigenvalue weighted by Gasteiger charge is -2.26. The maximum Gasteiger partial charge on any atom is 0.241 e. The summed E-state index contributed by atoms with van der Waals surface area (Å²) in [5, 5.41) is 0.403. The van der Waals surface area contributed by atoms with E-state index < -0.39 is 5.38 Å². The Hall–Kier alpha value is -0.0900. The van der Waals surface area contributed by atoms with Gasteiger partial charge in [-0.25, -0.2) is 0 Å². The highest BCUT2D eigenvalue weighted by molar-refractivity contribution is 7.99. The first-order chi connectivity index (χ1) is 8.52. The van der Waals surface area contributed by atoms with E-state index in [0.29, 0.717) is 16.6 Å². The van der Waals surface area contributed by atoms with Crippen molar-refractivity contribution in [2.75, 3.05) is 12.3 Å². The van der Waals surface area contributed by atoms with Gasteiger partial charge in [0.1, 0.15) is 10.8 Å². The van der Waals surface area contributed by atoms with Crippen LogP contribution in [-0.4, -0.2) is 28.5 Å². The highest BCUT2D eigenvalue weighted by Crippen LogP contribution is 2.43. The van der Waals surface area contributed by atoms with Gasteiger partial charge in [-0.05, 0) is 13.0 Å². The first-order valence-electron chi connectivity index (χ1n) is 5.52. The number of rotatable bonds is 2. The number of nitrogens with zero attached hydrogens (tertiary/aromatic N) is 1. The van der Waals surface area contributed by atoms with Gasteiger partial charge in [0.15, 0.2) is 0 Å². The van der Waals surface area contributed by atoms with E-state index >= 15 is 0 Å². The predicted octanol–water partition coefficient (Wildman–Crippen LogP) is 4.19. The van der Waals surface area contributed by atoms with Gasteiger partial charge >= 0.3 is 0 Å². The Bertz CT molecular complexity index is 467. The molecular weight excluding hydrogens is 313 g/mol. The molecule has 98 valence electrons. The number of alkyl halides is 1. The Morgan fingerprint density at radius 3 is 2.89 bits per heavy atom. The Balaban J connectivity index is 2.32. The van der Waals surface area contributed by atoms with Gasteiger partial charge in [0.25, 0.3) is 0 Å². The number of carbonyl (C=O) groups is 1. The van der Waals surface area contributed by atoms with Gasteiger partial charge in [0, 0.05) is 17.9 Å². The molecule has 2 nitrogen and oxygen atoms in total. The lowest BCUT2D eigenvalue weighted by Crippen LogP contribution is -2.35.